The van der Waals surface area contributed by atoms with Gasteiger partial charge < -0.3 is 14.4 Å². The van der Waals surface area contributed by atoms with Crippen molar-refractivity contribution in [3.05, 3.63) is 18.1 Å². The van der Waals surface area contributed by atoms with Gasteiger partial charge in [0.15, 0.2) is 0 Å². The second-order valence-corrected chi connectivity index (χ2v) is 4.92. The lowest BCUT2D eigenvalue weighted by Gasteiger charge is -2.18. The van der Waals surface area contributed by atoms with Crippen LogP contribution in [-0.2, 0) is 9.47 Å². The van der Waals surface area contributed by atoms with E-state index in [0.717, 1.165) is 32.1 Å². The molecule has 2 aliphatic heterocycles. The van der Waals surface area contributed by atoms with Crippen molar-refractivity contribution < 1.29 is 14.3 Å². The summed E-state index contributed by atoms with van der Waals surface area (Å²) in [5.74, 6) is 1.63. The Bertz CT molecular complexity index is 468. The van der Waals surface area contributed by atoms with Crippen LogP contribution in [0.3, 0.4) is 0 Å². The first kappa shape index (κ1) is 12.3. The SMILES string of the molecule is CCOC(=O)c1nccc(N2CC3COCC3C2)n1. The van der Waals surface area contributed by atoms with E-state index in [1.165, 1.54) is 0 Å². The van der Waals surface area contributed by atoms with Crippen LogP contribution in [0.2, 0.25) is 0 Å². The number of carbonyl (C=O) groups excluding carboxylic acids is 1. The molecule has 2 atom stereocenters. The van der Waals surface area contributed by atoms with Gasteiger partial charge in [0, 0.05) is 31.1 Å². The Morgan fingerprint density at radius 3 is 2.89 bits per heavy atom. The van der Waals surface area contributed by atoms with Crippen LogP contribution in [0.25, 0.3) is 0 Å². The Morgan fingerprint density at radius 2 is 2.21 bits per heavy atom. The van der Waals surface area contributed by atoms with Crippen molar-refractivity contribution in [2.45, 2.75) is 6.92 Å². The molecule has 2 aliphatic rings. The molecule has 0 spiro atoms. The maximum Gasteiger partial charge on any atom is 0.376 e. The number of carbonyl (C=O) groups is 1. The van der Waals surface area contributed by atoms with E-state index in [1.54, 1.807) is 13.1 Å². The molecule has 2 fully saturated rings. The van der Waals surface area contributed by atoms with Crippen LogP contribution in [0.4, 0.5) is 5.82 Å². The molecule has 3 rings (SSSR count). The molecule has 0 N–H and O–H groups in total. The van der Waals surface area contributed by atoms with Crippen LogP contribution < -0.4 is 4.90 Å². The number of hydrogen-bond acceptors (Lipinski definition) is 6. The third-order valence-electron chi connectivity index (χ3n) is 3.66. The molecule has 0 bridgehead atoms. The van der Waals surface area contributed by atoms with E-state index in [2.05, 4.69) is 14.9 Å². The van der Waals surface area contributed by atoms with Crippen molar-refractivity contribution in [3.63, 3.8) is 0 Å². The Labute approximate surface area is 111 Å². The molecular formula is C13H17N3O3. The fourth-order valence-corrected chi connectivity index (χ4v) is 2.69. The second-order valence-electron chi connectivity index (χ2n) is 4.92. The van der Waals surface area contributed by atoms with Gasteiger partial charge in [0.05, 0.1) is 19.8 Å². The van der Waals surface area contributed by atoms with Crippen molar-refractivity contribution in [1.82, 2.24) is 9.97 Å². The monoisotopic (exact) mass is 263 g/mol. The number of esters is 1. The fourth-order valence-electron chi connectivity index (χ4n) is 2.69. The molecule has 0 aromatic carbocycles. The largest absolute Gasteiger partial charge is 0.460 e. The topological polar surface area (TPSA) is 64.5 Å². The van der Waals surface area contributed by atoms with E-state index in [-0.39, 0.29) is 5.82 Å². The van der Waals surface area contributed by atoms with E-state index in [1.807, 2.05) is 6.07 Å². The number of rotatable bonds is 3. The Morgan fingerprint density at radius 1 is 1.47 bits per heavy atom. The van der Waals surface area contributed by atoms with Crippen LogP contribution in [0, 0.1) is 11.8 Å². The van der Waals surface area contributed by atoms with Gasteiger partial charge in [0.2, 0.25) is 5.82 Å². The lowest BCUT2D eigenvalue weighted by atomic mass is 10.0. The van der Waals surface area contributed by atoms with Gasteiger partial charge in [-0.15, -0.1) is 0 Å². The molecule has 0 amide bonds. The summed E-state index contributed by atoms with van der Waals surface area (Å²) in [6, 6.07) is 1.84. The highest BCUT2D eigenvalue weighted by atomic mass is 16.5. The van der Waals surface area contributed by atoms with E-state index in [0.29, 0.717) is 18.4 Å². The summed E-state index contributed by atoms with van der Waals surface area (Å²) < 4.78 is 10.4. The van der Waals surface area contributed by atoms with E-state index < -0.39 is 5.97 Å². The first-order valence-corrected chi connectivity index (χ1v) is 6.60. The third-order valence-corrected chi connectivity index (χ3v) is 3.66. The highest BCUT2D eigenvalue weighted by Crippen LogP contribution is 2.31. The Kier molecular flexibility index (Phi) is 3.33. The average Bonchev–Trinajstić information content (AvgIpc) is 3.00. The summed E-state index contributed by atoms with van der Waals surface area (Å²) in [4.78, 5) is 22.1. The van der Waals surface area contributed by atoms with Crippen LogP contribution in [0.1, 0.15) is 17.5 Å². The Hall–Kier alpha value is -1.69. The molecule has 19 heavy (non-hydrogen) atoms. The quantitative estimate of drug-likeness (QED) is 0.749. The summed E-state index contributed by atoms with van der Waals surface area (Å²) in [5.41, 5.74) is 0. The maximum atomic E-state index is 11.6. The summed E-state index contributed by atoms with van der Waals surface area (Å²) in [5, 5.41) is 0. The van der Waals surface area contributed by atoms with Crippen LogP contribution in [0.5, 0.6) is 0 Å². The van der Waals surface area contributed by atoms with Gasteiger partial charge in [0.25, 0.3) is 0 Å². The van der Waals surface area contributed by atoms with E-state index in [9.17, 15) is 4.79 Å². The number of aromatic nitrogens is 2. The zero-order valence-electron chi connectivity index (χ0n) is 10.9. The predicted molar refractivity (Wildman–Crippen MR) is 68.0 cm³/mol. The highest BCUT2D eigenvalue weighted by molar-refractivity contribution is 5.85. The first-order chi connectivity index (χ1) is 9.28. The number of anilines is 1. The third kappa shape index (κ3) is 2.40. The molecular weight excluding hydrogens is 246 g/mol. The maximum absolute atomic E-state index is 11.6. The summed E-state index contributed by atoms with van der Waals surface area (Å²) in [7, 11) is 0. The van der Waals surface area contributed by atoms with Crippen molar-refractivity contribution in [2.75, 3.05) is 37.8 Å². The lowest BCUT2D eigenvalue weighted by molar-refractivity contribution is 0.0512. The molecule has 1 aromatic rings. The van der Waals surface area contributed by atoms with Crippen LogP contribution in [0.15, 0.2) is 12.3 Å². The number of hydrogen-bond donors (Lipinski definition) is 0. The first-order valence-electron chi connectivity index (χ1n) is 6.60. The number of fused-ring (bicyclic) bond motifs is 1. The van der Waals surface area contributed by atoms with E-state index >= 15 is 0 Å². The Balaban J connectivity index is 1.75. The second kappa shape index (κ2) is 5.13. The van der Waals surface area contributed by atoms with Gasteiger partial charge in [-0.1, -0.05) is 0 Å². The molecule has 102 valence electrons. The summed E-state index contributed by atoms with van der Waals surface area (Å²) >= 11 is 0. The zero-order valence-corrected chi connectivity index (χ0v) is 10.9. The molecule has 6 heteroatoms. The van der Waals surface area contributed by atoms with Gasteiger partial charge >= 0.3 is 5.97 Å². The average molecular weight is 263 g/mol. The van der Waals surface area contributed by atoms with Gasteiger partial charge in [-0.2, -0.15) is 0 Å². The highest BCUT2D eigenvalue weighted by Gasteiger charge is 2.37. The zero-order chi connectivity index (χ0) is 13.2. The standard InChI is InChI=1S/C13H17N3O3/c1-2-19-13(17)12-14-4-3-11(15-12)16-5-9-7-18-8-10(9)6-16/h3-4,9-10H,2,5-8H2,1H3. The predicted octanol–water partition coefficient (Wildman–Crippen LogP) is 0.736. The van der Waals surface area contributed by atoms with Crippen molar-refractivity contribution in [1.29, 1.82) is 0 Å². The molecule has 0 saturated carbocycles. The van der Waals surface area contributed by atoms with Gasteiger partial charge in [0.1, 0.15) is 5.82 Å². The molecule has 2 saturated heterocycles. The minimum atomic E-state index is -0.466. The van der Waals surface area contributed by atoms with Gasteiger partial charge in [-0.05, 0) is 13.0 Å². The summed E-state index contributed by atoms with van der Waals surface area (Å²) in [6.45, 7) is 5.63. The van der Waals surface area contributed by atoms with Crippen molar-refractivity contribution in [3.8, 4) is 0 Å². The van der Waals surface area contributed by atoms with Gasteiger partial charge in [-0.25, -0.2) is 14.8 Å². The van der Waals surface area contributed by atoms with Crippen molar-refractivity contribution >= 4 is 11.8 Å². The molecule has 3 heterocycles. The molecule has 6 nitrogen and oxygen atoms in total. The van der Waals surface area contributed by atoms with Crippen LogP contribution in [-0.4, -0.2) is 48.8 Å². The van der Waals surface area contributed by atoms with Crippen molar-refractivity contribution in [2.24, 2.45) is 11.8 Å². The number of nitrogens with zero attached hydrogens (tertiary/aromatic N) is 3. The number of ether oxygens (including phenoxy) is 2. The fraction of sp³-hybridized carbons (Fsp3) is 0.615. The van der Waals surface area contributed by atoms with E-state index in [4.69, 9.17) is 9.47 Å². The molecule has 0 radical (unpaired) electrons. The molecule has 2 unspecified atom stereocenters. The molecule has 1 aromatic heterocycles. The lowest BCUT2D eigenvalue weighted by Crippen LogP contribution is -2.24. The molecule has 0 aliphatic carbocycles. The minimum Gasteiger partial charge on any atom is -0.460 e. The summed E-state index contributed by atoms with van der Waals surface area (Å²) in [6.07, 6.45) is 1.61. The van der Waals surface area contributed by atoms with Crippen LogP contribution >= 0.6 is 0 Å². The van der Waals surface area contributed by atoms with Gasteiger partial charge in [-0.3, -0.25) is 0 Å². The smallest absolute Gasteiger partial charge is 0.376 e. The minimum absolute atomic E-state index is 0.132. The normalized spacial score (nSPS) is 25.4.